The van der Waals surface area contributed by atoms with Crippen LogP contribution >= 0.6 is 0 Å². The Kier molecular flexibility index (Phi) is 4.41. The van der Waals surface area contributed by atoms with Gasteiger partial charge in [0.25, 0.3) is 0 Å². The van der Waals surface area contributed by atoms with Gasteiger partial charge in [-0.15, -0.1) is 12.3 Å². The number of amides is 1. The molecule has 1 fully saturated rings. The van der Waals surface area contributed by atoms with Crippen molar-refractivity contribution < 1.29 is 14.6 Å². The van der Waals surface area contributed by atoms with E-state index in [4.69, 9.17) is 11.2 Å². The van der Waals surface area contributed by atoms with Crippen molar-refractivity contribution in [1.82, 2.24) is 4.90 Å². The normalized spacial score (nSPS) is 24.5. The lowest BCUT2D eigenvalue weighted by atomic mass is 10.0. The second-order valence-electron chi connectivity index (χ2n) is 5.46. The van der Waals surface area contributed by atoms with Crippen molar-refractivity contribution in [3.8, 4) is 12.3 Å². The zero-order valence-electron chi connectivity index (χ0n) is 10.8. The molecule has 1 saturated heterocycles. The smallest absolute Gasteiger partial charge is 0.410 e. The minimum atomic E-state index is -0.501. The lowest BCUT2D eigenvalue weighted by Crippen LogP contribution is -2.35. The third kappa shape index (κ3) is 4.27. The first-order valence-electron chi connectivity index (χ1n) is 5.93. The molecule has 4 heteroatoms. The fourth-order valence-corrected chi connectivity index (χ4v) is 1.88. The molecule has 0 spiro atoms. The van der Waals surface area contributed by atoms with Crippen LogP contribution in [0.25, 0.3) is 0 Å². The molecule has 2 atom stereocenters. The van der Waals surface area contributed by atoms with Crippen LogP contribution in [0.2, 0.25) is 0 Å². The lowest BCUT2D eigenvalue weighted by Gasteiger charge is -2.24. The molecule has 17 heavy (non-hydrogen) atoms. The van der Waals surface area contributed by atoms with Gasteiger partial charge in [-0.2, -0.15) is 0 Å². The van der Waals surface area contributed by atoms with E-state index >= 15 is 0 Å². The summed E-state index contributed by atoms with van der Waals surface area (Å²) in [5.74, 6) is 2.62. The molecule has 1 amide bonds. The molecule has 1 rings (SSSR count). The maximum absolute atomic E-state index is 11.8. The van der Waals surface area contributed by atoms with Crippen LogP contribution in [-0.2, 0) is 4.74 Å². The van der Waals surface area contributed by atoms with Crippen molar-refractivity contribution in [3.05, 3.63) is 0 Å². The molecule has 96 valence electrons. The Morgan fingerprint density at radius 1 is 1.53 bits per heavy atom. The van der Waals surface area contributed by atoms with Gasteiger partial charge < -0.3 is 14.7 Å². The highest BCUT2D eigenvalue weighted by Crippen LogP contribution is 2.23. The monoisotopic (exact) mass is 239 g/mol. The second kappa shape index (κ2) is 5.42. The SMILES string of the molecule is C#CCCC1CN(C(=O)OC(C)(C)C)CC1O. The first-order chi connectivity index (χ1) is 7.83. The van der Waals surface area contributed by atoms with E-state index in [0.29, 0.717) is 19.5 Å². The van der Waals surface area contributed by atoms with Gasteiger partial charge in [0.1, 0.15) is 5.60 Å². The highest BCUT2D eigenvalue weighted by atomic mass is 16.6. The van der Waals surface area contributed by atoms with Crippen LogP contribution in [0.3, 0.4) is 0 Å². The maximum atomic E-state index is 11.8. The number of carbonyl (C=O) groups excluding carboxylic acids is 1. The van der Waals surface area contributed by atoms with E-state index in [1.54, 1.807) is 4.90 Å². The van der Waals surface area contributed by atoms with Crippen LogP contribution < -0.4 is 0 Å². The molecule has 0 saturated carbocycles. The Morgan fingerprint density at radius 2 is 2.18 bits per heavy atom. The number of aliphatic hydroxyl groups is 1. The van der Waals surface area contributed by atoms with Crippen molar-refractivity contribution in [2.45, 2.75) is 45.3 Å². The Hall–Kier alpha value is -1.21. The molecule has 1 aliphatic heterocycles. The van der Waals surface area contributed by atoms with Crippen LogP contribution in [-0.4, -0.2) is 40.9 Å². The van der Waals surface area contributed by atoms with Gasteiger partial charge in [0.15, 0.2) is 0 Å². The number of rotatable bonds is 2. The lowest BCUT2D eigenvalue weighted by molar-refractivity contribution is 0.0269. The number of terminal acetylenes is 1. The third-order valence-electron chi connectivity index (χ3n) is 2.72. The van der Waals surface area contributed by atoms with Gasteiger partial charge in [-0.05, 0) is 27.2 Å². The summed E-state index contributed by atoms with van der Waals surface area (Å²) in [6.45, 7) is 6.34. The number of hydrogen-bond donors (Lipinski definition) is 1. The fraction of sp³-hybridized carbons (Fsp3) is 0.769. The molecular formula is C13H21NO3. The zero-order chi connectivity index (χ0) is 13.1. The first-order valence-corrected chi connectivity index (χ1v) is 5.93. The van der Waals surface area contributed by atoms with Crippen LogP contribution in [0.15, 0.2) is 0 Å². The summed E-state index contributed by atoms with van der Waals surface area (Å²) in [6.07, 6.45) is 5.72. The largest absolute Gasteiger partial charge is 0.444 e. The van der Waals surface area contributed by atoms with Crippen molar-refractivity contribution in [1.29, 1.82) is 0 Å². The van der Waals surface area contributed by atoms with E-state index in [2.05, 4.69) is 5.92 Å². The summed E-state index contributed by atoms with van der Waals surface area (Å²) in [6, 6.07) is 0. The minimum Gasteiger partial charge on any atom is -0.444 e. The molecule has 2 unspecified atom stereocenters. The van der Waals surface area contributed by atoms with Gasteiger partial charge in [-0.3, -0.25) is 0 Å². The van der Waals surface area contributed by atoms with Gasteiger partial charge in [-0.1, -0.05) is 0 Å². The van der Waals surface area contributed by atoms with E-state index in [1.165, 1.54) is 0 Å². The predicted octanol–water partition coefficient (Wildman–Crippen LogP) is 1.63. The summed E-state index contributed by atoms with van der Waals surface area (Å²) >= 11 is 0. The number of nitrogens with zero attached hydrogens (tertiary/aromatic N) is 1. The molecular weight excluding hydrogens is 218 g/mol. The van der Waals surface area contributed by atoms with E-state index in [0.717, 1.165) is 6.42 Å². The predicted molar refractivity (Wildman–Crippen MR) is 65.4 cm³/mol. The van der Waals surface area contributed by atoms with E-state index in [9.17, 15) is 9.90 Å². The molecule has 1 aliphatic rings. The number of carbonyl (C=O) groups is 1. The topological polar surface area (TPSA) is 49.8 Å². The average Bonchev–Trinajstić information content (AvgIpc) is 2.54. The van der Waals surface area contributed by atoms with Gasteiger partial charge >= 0.3 is 6.09 Å². The number of hydrogen-bond acceptors (Lipinski definition) is 3. The Bertz CT molecular complexity index is 314. The highest BCUT2D eigenvalue weighted by molar-refractivity contribution is 5.68. The highest BCUT2D eigenvalue weighted by Gasteiger charge is 2.35. The van der Waals surface area contributed by atoms with Crippen LogP contribution in [0.4, 0.5) is 4.79 Å². The molecule has 0 aromatic carbocycles. The van der Waals surface area contributed by atoms with Crippen LogP contribution in [0.1, 0.15) is 33.6 Å². The second-order valence-corrected chi connectivity index (χ2v) is 5.46. The van der Waals surface area contributed by atoms with Crippen molar-refractivity contribution >= 4 is 6.09 Å². The molecule has 4 nitrogen and oxygen atoms in total. The molecule has 0 aliphatic carbocycles. The molecule has 0 bridgehead atoms. The first kappa shape index (κ1) is 13.9. The summed E-state index contributed by atoms with van der Waals surface area (Å²) < 4.78 is 5.26. The molecule has 0 radical (unpaired) electrons. The van der Waals surface area contributed by atoms with Gasteiger partial charge in [0.05, 0.1) is 12.6 Å². The Balaban J connectivity index is 2.48. The molecule has 1 N–H and O–H groups in total. The van der Waals surface area contributed by atoms with E-state index in [1.807, 2.05) is 20.8 Å². The summed E-state index contributed by atoms with van der Waals surface area (Å²) in [7, 11) is 0. The van der Waals surface area contributed by atoms with Crippen LogP contribution in [0, 0.1) is 18.3 Å². The number of likely N-dealkylation sites (tertiary alicyclic amines) is 1. The van der Waals surface area contributed by atoms with Crippen molar-refractivity contribution in [2.24, 2.45) is 5.92 Å². The Morgan fingerprint density at radius 3 is 2.71 bits per heavy atom. The Labute approximate surface area is 103 Å². The van der Waals surface area contributed by atoms with E-state index in [-0.39, 0.29) is 12.0 Å². The average molecular weight is 239 g/mol. The van der Waals surface area contributed by atoms with Gasteiger partial charge in [0, 0.05) is 18.9 Å². The molecule has 0 aromatic heterocycles. The maximum Gasteiger partial charge on any atom is 0.410 e. The van der Waals surface area contributed by atoms with Crippen molar-refractivity contribution in [2.75, 3.05) is 13.1 Å². The van der Waals surface area contributed by atoms with Gasteiger partial charge in [0.2, 0.25) is 0 Å². The van der Waals surface area contributed by atoms with Crippen LogP contribution in [0.5, 0.6) is 0 Å². The summed E-state index contributed by atoms with van der Waals surface area (Å²) in [5, 5.41) is 9.82. The number of aliphatic hydroxyl groups excluding tert-OH is 1. The summed E-state index contributed by atoms with van der Waals surface area (Å²) in [5.41, 5.74) is -0.501. The number of ether oxygens (including phenoxy) is 1. The third-order valence-corrected chi connectivity index (χ3v) is 2.72. The molecule has 0 aromatic rings. The number of β-amino-alcohol motifs (C(OH)–C–C–N with tert-alkyl or cyclic N) is 1. The zero-order valence-corrected chi connectivity index (χ0v) is 10.8. The quantitative estimate of drug-likeness (QED) is 0.745. The van der Waals surface area contributed by atoms with E-state index < -0.39 is 11.7 Å². The fourth-order valence-electron chi connectivity index (χ4n) is 1.88. The standard InChI is InChI=1S/C13H21NO3/c1-5-6-7-10-8-14(9-11(10)15)12(16)17-13(2,3)4/h1,10-11,15H,6-9H2,2-4H3. The van der Waals surface area contributed by atoms with Gasteiger partial charge in [-0.25, -0.2) is 4.79 Å². The van der Waals surface area contributed by atoms with Crippen molar-refractivity contribution in [3.63, 3.8) is 0 Å². The molecule has 1 heterocycles. The minimum absolute atomic E-state index is 0.0681. The summed E-state index contributed by atoms with van der Waals surface area (Å²) in [4.78, 5) is 13.3.